The van der Waals surface area contributed by atoms with Crippen LogP contribution in [0.1, 0.15) is 25.0 Å². The maximum absolute atomic E-state index is 3.67. The first-order valence-electron chi connectivity index (χ1n) is 8.59. The zero-order valence-corrected chi connectivity index (χ0v) is 15.8. The molecule has 0 N–H and O–H groups in total. The van der Waals surface area contributed by atoms with Gasteiger partial charge in [-0.05, 0) is 41.5 Å². The minimum atomic E-state index is -0.00893. The van der Waals surface area contributed by atoms with Crippen LogP contribution in [0.15, 0.2) is 77.3 Å². The lowest BCUT2D eigenvalue weighted by atomic mass is 9.81. The van der Waals surface area contributed by atoms with Crippen molar-refractivity contribution >= 4 is 26.8 Å². The maximum atomic E-state index is 3.67. The second-order valence-electron chi connectivity index (χ2n) is 7.23. The fraction of sp³-hybridized carbons (Fsp3) is 0.130. The van der Waals surface area contributed by atoms with Crippen molar-refractivity contribution in [2.24, 2.45) is 0 Å². The lowest BCUT2D eigenvalue weighted by molar-refractivity contribution is 0.666. The summed E-state index contributed by atoms with van der Waals surface area (Å²) in [6.07, 6.45) is 0. The van der Waals surface area contributed by atoms with Gasteiger partial charge in [-0.25, -0.2) is 0 Å². The van der Waals surface area contributed by atoms with Crippen LogP contribution in [0.3, 0.4) is 0 Å². The Morgan fingerprint density at radius 2 is 1.56 bits per heavy atom. The summed E-state index contributed by atoms with van der Waals surface area (Å²) in [4.78, 5) is 0. The Morgan fingerprint density at radius 3 is 2.36 bits per heavy atom. The van der Waals surface area contributed by atoms with Gasteiger partial charge in [0.1, 0.15) is 0 Å². The van der Waals surface area contributed by atoms with Crippen molar-refractivity contribution in [1.29, 1.82) is 0 Å². The first-order valence-corrected chi connectivity index (χ1v) is 9.38. The molecule has 4 aromatic rings. The summed E-state index contributed by atoms with van der Waals surface area (Å²) in [6.45, 7) is 4.68. The molecule has 1 nitrogen and oxygen atoms in total. The molecule has 0 spiro atoms. The molecule has 2 heteroatoms. The summed E-state index contributed by atoms with van der Waals surface area (Å²) in [6, 6.07) is 26.1. The van der Waals surface area contributed by atoms with Gasteiger partial charge < -0.3 is 4.57 Å². The molecular weight excluding hydrogens is 370 g/mol. The Hall–Kier alpha value is -2.32. The molecule has 1 heterocycles. The van der Waals surface area contributed by atoms with Crippen molar-refractivity contribution in [2.75, 3.05) is 0 Å². The van der Waals surface area contributed by atoms with Crippen LogP contribution in [0.5, 0.6) is 0 Å². The SMILES string of the molecule is CC1(C)c2ccccc2-c2c1c1cc(Br)ccc1n2-c1ccccc1. The van der Waals surface area contributed by atoms with Crippen LogP contribution < -0.4 is 0 Å². The van der Waals surface area contributed by atoms with Crippen LogP contribution in [0.25, 0.3) is 27.8 Å². The molecule has 0 atom stereocenters. The molecule has 0 amide bonds. The smallest absolute Gasteiger partial charge is 0.0585 e. The molecule has 0 aliphatic heterocycles. The predicted molar refractivity (Wildman–Crippen MR) is 109 cm³/mol. The van der Waals surface area contributed by atoms with E-state index in [2.05, 4.69) is 107 Å². The fourth-order valence-electron chi connectivity index (χ4n) is 4.37. The second kappa shape index (κ2) is 5.09. The maximum Gasteiger partial charge on any atom is 0.0585 e. The molecule has 0 saturated carbocycles. The average molecular weight is 388 g/mol. The topological polar surface area (TPSA) is 4.93 Å². The summed E-state index contributed by atoms with van der Waals surface area (Å²) in [5, 5.41) is 1.33. The highest BCUT2D eigenvalue weighted by molar-refractivity contribution is 9.10. The summed E-state index contributed by atoms with van der Waals surface area (Å²) in [5.41, 5.74) is 7.98. The van der Waals surface area contributed by atoms with Crippen LogP contribution in [0.2, 0.25) is 0 Å². The van der Waals surface area contributed by atoms with E-state index in [-0.39, 0.29) is 5.41 Å². The molecule has 122 valence electrons. The first kappa shape index (κ1) is 15.0. The molecule has 5 rings (SSSR count). The molecule has 0 unspecified atom stereocenters. The molecule has 1 aliphatic rings. The van der Waals surface area contributed by atoms with Crippen LogP contribution in [0, 0.1) is 0 Å². The van der Waals surface area contributed by atoms with Gasteiger partial charge in [-0.1, -0.05) is 72.2 Å². The van der Waals surface area contributed by atoms with Gasteiger partial charge in [0.2, 0.25) is 0 Å². The largest absolute Gasteiger partial charge is 0.309 e. The van der Waals surface area contributed by atoms with Gasteiger partial charge in [0, 0.05) is 26.5 Å². The minimum absolute atomic E-state index is 0.00893. The van der Waals surface area contributed by atoms with Crippen LogP contribution in [-0.2, 0) is 5.41 Å². The highest BCUT2D eigenvalue weighted by atomic mass is 79.9. The Morgan fingerprint density at radius 1 is 0.840 bits per heavy atom. The van der Waals surface area contributed by atoms with Crippen molar-refractivity contribution in [3.63, 3.8) is 0 Å². The van der Waals surface area contributed by atoms with Crippen LogP contribution in [0.4, 0.5) is 0 Å². The Balaban J connectivity index is 2.01. The predicted octanol–water partition coefficient (Wildman–Crippen LogP) is 6.70. The highest BCUT2D eigenvalue weighted by Gasteiger charge is 2.40. The monoisotopic (exact) mass is 387 g/mol. The van der Waals surface area contributed by atoms with E-state index in [1.807, 2.05) is 0 Å². The molecular formula is C23H18BrN. The third-order valence-corrected chi connectivity index (χ3v) is 5.92. The Kier molecular flexibility index (Phi) is 3.05. The van der Waals surface area contributed by atoms with E-state index in [9.17, 15) is 0 Å². The van der Waals surface area contributed by atoms with Crippen LogP contribution in [-0.4, -0.2) is 4.57 Å². The quantitative estimate of drug-likeness (QED) is 0.342. The number of para-hydroxylation sites is 1. The van der Waals surface area contributed by atoms with E-state index in [1.54, 1.807) is 0 Å². The molecule has 0 radical (unpaired) electrons. The third kappa shape index (κ3) is 1.95. The van der Waals surface area contributed by atoms with Gasteiger partial charge in [0.25, 0.3) is 0 Å². The van der Waals surface area contributed by atoms with Crippen molar-refractivity contribution in [2.45, 2.75) is 19.3 Å². The van der Waals surface area contributed by atoms with E-state index in [1.165, 1.54) is 39.0 Å². The Labute approximate surface area is 156 Å². The molecule has 0 saturated heterocycles. The molecule has 0 fully saturated rings. The number of aromatic nitrogens is 1. The number of hydrogen-bond donors (Lipinski definition) is 0. The van der Waals surface area contributed by atoms with Crippen molar-refractivity contribution in [1.82, 2.24) is 4.57 Å². The van der Waals surface area contributed by atoms with Crippen molar-refractivity contribution < 1.29 is 0 Å². The summed E-state index contributed by atoms with van der Waals surface area (Å²) in [5.74, 6) is 0. The van der Waals surface area contributed by atoms with Gasteiger partial charge in [0.05, 0.1) is 11.2 Å². The number of benzene rings is 3. The zero-order valence-electron chi connectivity index (χ0n) is 14.3. The molecule has 25 heavy (non-hydrogen) atoms. The number of hydrogen-bond acceptors (Lipinski definition) is 0. The van der Waals surface area contributed by atoms with Gasteiger partial charge >= 0.3 is 0 Å². The summed E-state index contributed by atoms with van der Waals surface area (Å²) < 4.78 is 3.55. The van der Waals surface area contributed by atoms with Gasteiger partial charge in [-0.3, -0.25) is 0 Å². The third-order valence-electron chi connectivity index (χ3n) is 5.42. The number of fused-ring (bicyclic) bond motifs is 5. The lowest BCUT2D eigenvalue weighted by Crippen LogP contribution is -2.14. The van der Waals surface area contributed by atoms with E-state index < -0.39 is 0 Å². The average Bonchev–Trinajstić information content (AvgIpc) is 3.08. The standard InChI is InChI=1S/C23H18BrN/c1-23(2)19-11-7-6-10-17(19)22-21(23)18-14-15(24)12-13-20(18)25(22)16-8-4-3-5-9-16/h3-14H,1-2H3. The van der Waals surface area contributed by atoms with Crippen LogP contribution >= 0.6 is 15.9 Å². The fourth-order valence-corrected chi connectivity index (χ4v) is 4.73. The summed E-state index contributed by atoms with van der Waals surface area (Å²) >= 11 is 3.67. The van der Waals surface area contributed by atoms with E-state index in [4.69, 9.17) is 0 Å². The van der Waals surface area contributed by atoms with Crippen molar-refractivity contribution in [3.05, 3.63) is 88.4 Å². The molecule has 1 aromatic heterocycles. The lowest BCUT2D eigenvalue weighted by Gasteiger charge is -2.21. The Bertz CT molecular complexity index is 1120. The molecule has 1 aliphatic carbocycles. The molecule has 0 bridgehead atoms. The van der Waals surface area contributed by atoms with E-state index >= 15 is 0 Å². The minimum Gasteiger partial charge on any atom is -0.309 e. The number of halogens is 1. The van der Waals surface area contributed by atoms with E-state index in [0.717, 1.165) is 4.47 Å². The van der Waals surface area contributed by atoms with Gasteiger partial charge in [-0.2, -0.15) is 0 Å². The number of nitrogens with zero attached hydrogens (tertiary/aromatic N) is 1. The first-order chi connectivity index (χ1) is 12.1. The van der Waals surface area contributed by atoms with E-state index in [0.29, 0.717) is 0 Å². The summed E-state index contributed by atoms with van der Waals surface area (Å²) in [7, 11) is 0. The normalized spacial score (nSPS) is 14.5. The number of rotatable bonds is 1. The van der Waals surface area contributed by atoms with Gasteiger partial charge in [-0.15, -0.1) is 0 Å². The van der Waals surface area contributed by atoms with Gasteiger partial charge in [0.15, 0.2) is 0 Å². The zero-order chi connectivity index (χ0) is 17.2. The molecule has 3 aromatic carbocycles. The second-order valence-corrected chi connectivity index (χ2v) is 8.14. The van der Waals surface area contributed by atoms with Crippen molar-refractivity contribution in [3.8, 4) is 16.9 Å². The highest BCUT2D eigenvalue weighted by Crippen LogP contribution is 2.53.